The maximum Gasteiger partial charge on any atom is 0.263 e. The van der Waals surface area contributed by atoms with E-state index in [2.05, 4.69) is 10.2 Å². The van der Waals surface area contributed by atoms with Gasteiger partial charge in [0.1, 0.15) is 9.88 Å². The number of thiophene rings is 1. The molecule has 1 saturated carbocycles. The third-order valence-corrected chi connectivity index (χ3v) is 6.17. The number of thioether (sulfide) groups is 1. The van der Waals surface area contributed by atoms with E-state index in [-0.39, 0.29) is 12.0 Å². The summed E-state index contributed by atoms with van der Waals surface area (Å²) in [6, 6.07) is 0.338. The third-order valence-electron chi connectivity index (χ3n) is 3.96. The number of carbonyl (C=O) groups is 1. The lowest BCUT2D eigenvalue weighted by atomic mass is 10.1. The lowest BCUT2D eigenvalue weighted by Gasteiger charge is -2.30. The summed E-state index contributed by atoms with van der Waals surface area (Å²) in [6.07, 6.45) is 5.48. The van der Waals surface area contributed by atoms with Crippen LogP contribution >= 0.6 is 23.1 Å². The molecule has 2 heterocycles. The molecule has 0 spiro atoms. The quantitative estimate of drug-likeness (QED) is 0.736. The molecule has 7 heteroatoms. The van der Waals surface area contributed by atoms with Crippen LogP contribution in [0.2, 0.25) is 0 Å². The molecule has 1 aliphatic carbocycles. The summed E-state index contributed by atoms with van der Waals surface area (Å²) in [6.45, 7) is 1.64. The molecule has 0 atom stereocenters. The molecule has 21 heavy (non-hydrogen) atoms. The summed E-state index contributed by atoms with van der Waals surface area (Å²) in [5.74, 6) is -0.0430. The van der Waals surface area contributed by atoms with E-state index in [1.165, 1.54) is 11.3 Å². The first-order chi connectivity index (χ1) is 10.1. The van der Waals surface area contributed by atoms with Gasteiger partial charge < -0.3 is 21.1 Å². The molecule has 1 amide bonds. The van der Waals surface area contributed by atoms with Crippen molar-refractivity contribution in [2.75, 3.05) is 30.0 Å². The van der Waals surface area contributed by atoms with E-state index in [1.54, 1.807) is 11.8 Å². The molecular formula is C14H21N3O2S2. The zero-order chi connectivity index (χ0) is 15.0. The summed E-state index contributed by atoms with van der Waals surface area (Å²) < 4.78 is 0. The van der Waals surface area contributed by atoms with Crippen LogP contribution in [0.3, 0.4) is 0 Å². The van der Waals surface area contributed by atoms with Crippen molar-refractivity contribution in [3.8, 4) is 0 Å². The number of aliphatic hydroxyl groups is 1. The first-order valence-electron chi connectivity index (χ1n) is 7.30. The lowest BCUT2D eigenvalue weighted by molar-refractivity contribution is 0.0956. The van der Waals surface area contributed by atoms with Crippen molar-refractivity contribution in [2.45, 2.75) is 42.7 Å². The Bertz CT molecular complexity index is 535. The van der Waals surface area contributed by atoms with Crippen LogP contribution in [-0.2, 0) is 0 Å². The summed E-state index contributed by atoms with van der Waals surface area (Å²) in [4.78, 5) is 16.2. The van der Waals surface area contributed by atoms with Gasteiger partial charge in [0.2, 0.25) is 0 Å². The second-order valence-corrected chi connectivity index (χ2v) is 7.46. The van der Waals surface area contributed by atoms with Gasteiger partial charge in [-0.05, 0) is 31.9 Å². The van der Waals surface area contributed by atoms with Gasteiger partial charge in [-0.25, -0.2) is 0 Å². The standard InChI is InChI=1S/C14H21N3O2S2/c1-20-12-10(15)11(13(19)16-8-2-3-8)21-14(12)17-6-4-9(18)5-7-17/h8-9,18H,2-7,15H2,1H3,(H,16,19). The normalized spacial score (nSPS) is 19.8. The van der Waals surface area contributed by atoms with Gasteiger partial charge in [0, 0.05) is 19.1 Å². The molecular weight excluding hydrogens is 306 g/mol. The fourth-order valence-electron chi connectivity index (χ4n) is 2.54. The van der Waals surface area contributed by atoms with E-state index in [1.807, 2.05) is 6.26 Å². The van der Waals surface area contributed by atoms with Crippen LogP contribution in [-0.4, -0.2) is 42.5 Å². The van der Waals surface area contributed by atoms with Crippen molar-refractivity contribution in [3.05, 3.63) is 4.88 Å². The highest BCUT2D eigenvalue weighted by Crippen LogP contribution is 2.44. The topological polar surface area (TPSA) is 78.6 Å². The van der Waals surface area contributed by atoms with Crippen LogP contribution in [0.15, 0.2) is 4.90 Å². The van der Waals surface area contributed by atoms with E-state index in [4.69, 9.17) is 5.73 Å². The maximum absolute atomic E-state index is 12.3. The molecule has 0 aromatic carbocycles. The van der Waals surface area contributed by atoms with Crippen molar-refractivity contribution in [1.82, 2.24) is 5.32 Å². The summed E-state index contributed by atoms with van der Waals surface area (Å²) in [5.41, 5.74) is 6.80. The van der Waals surface area contributed by atoms with Gasteiger partial charge in [-0.2, -0.15) is 0 Å². The van der Waals surface area contributed by atoms with Gasteiger partial charge in [-0.3, -0.25) is 4.79 Å². The molecule has 2 aliphatic rings. The molecule has 0 bridgehead atoms. The van der Waals surface area contributed by atoms with E-state index in [0.29, 0.717) is 16.6 Å². The zero-order valence-corrected chi connectivity index (χ0v) is 13.7. The molecule has 0 unspecified atom stereocenters. The molecule has 3 rings (SSSR count). The average Bonchev–Trinajstić information content (AvgIpc) is 3.21. The van der Waals surface area contributed by atoms with Crippen molar-refractivity contribution >= 4 is 39.7 Å². The van der Waals surface area contributed by atoms with Crippen LogP contribution < -0.4 is 16.0 Å². The minimum absolute atomic E-state index is 0.0430. The number of hydrogen-bond donors (Lipinski definition) is 3. The Balaban J connectivity index is 1.83. The number of nitrogens with zero attached hydrogens (tertiary/aromatic N) is 1. The van der Waals surface area contributed by atoms with Crippen molar-refractivity contribution in [3.63, 3.8) is 0 Å². The highest BCUT2D eigenvalue weighted by molar-refractivity contribution is 7.99. The Hall–Kier alpha value is -0.920. The minimum atomic E-state index is -0.200. The largest absolute Gasteiger partial charge is 0.396 e. The van der Waals surface area contributed by atoms with E-state index in [0.717, 1.165) is 48.7 Å². The molecule has 1 saturated heterocycles. The van der Waals surface area contributed by atoms with Crippen LogP contribution in [0.1, 0.15) is 35.4 Å². The van der Waals surface area contributed by atoms with E-state index >= 15 is 0 Å². The Morgan fingerprint density at radius 1 is 1.38 bits per heavy atom. The highest BCUT2D eigenvalue weighted by Gasteiger charge is 2.29. The molecule has 4 N–H and O–H groups in total. The number of carbonyl (C=O) groups excluding carboxylic acids is 1. The number of rotatable bonds is 4. The smallest absolute Gasteiger partial charge is 0.263 e. The summed E-state index contributed by atoms with van der Waals surface area (Å²) in [7, 11) is 0. The molecule has 5 nitrogen and oxygen atoms in total. The number of aliphatic hydroxyl groups excluding tert-OH is 1. The molecule has 0 radical (unpaired) electrons. The molecule has 1 aromatic rings. The zero-order valence-electron chi connectivity index (χ0n) is 12.1. The van der Waals surface area contributed by atoms with Crippen molar-refractivity contribution in [2.24, 2.45) is 0 Å². The van der Waals surface area contributed by atoms with Gasteiger partial charge >= 0.3 is 0 Å². The fraction of sp³-hybridized carbons (Fsp3) is 0.643. The monoisotopic (exact) mass is 327 g/mol. The predicted octanol–water partition coefficient (Wildman–Crippen LogP) is 1.91. The average molecular weight is 327 g/mol. The van der Waals surface area contributed by atoms with E-state index < -0.39 is 0 Å². The SMILES string of the molecule is CSc1c(N2CCC(O)CC2)sc(C(=O)NC2CC2)c1N. The Kier molecular flexibility index (Phi) is 4.33. The number of nitrogens with two attached hydrogens (primary N) is 1. The fourth-order valence-corrected chi connectivity index (χ4v) is 4.67. The Labute approximate surface area is 132 Å². The first-order valence-corrected chi connectivity index (χ1v) is 9.34. The Morgan fingerprint density at radius 3 is 2.62 bits per heavy atom. The van der Waals surface area contributed by atoms with Gasteiger partial charge in [-0.1, -0.05) is 0 Å². The summed E-state index contributed by atoms with van der Waals surface area (Å²) >= 11 is 3.07. The number of anilines is 2. The second-order valence-electron chi connectivity index (χ2n) is 5.65. The molecule has 116 valence electrons. The third kappa shape index (κ3) is 3.14. The molecule has 1 aromatic heterocycles. The van der Waals surface area contributed by atoms with Gasteiger partial charge in [0.25, 0.3) is 5.91 Å². The molecule has 2 fully saturated rings. The van der Waals surface area contributed by atoms with Gasteiger partial charge in [0.15, 0.2) is 0 Å². The maximum atomic E-state index is 12.3. The van der Waals surface area contributed by atoms with Crippen LogP contribution in [0.5, 0.6) is 0 Å². The minimum Gasteiger partial charge on any atom is -0.396 e. The second kappa shape index (κ2) is 6.06. The van der Waals surface area contributed by atoms with Crippen molar-refractivity contribution in [1.29, 1.82) is 0 Å². The number of piperidine rings is 1. The Morgan fingerprint density at radius 2 is 2.05 bits per heavy atom. The number of hydrogen-bond acceptors (Lipinski definition) is 6. The highest BCUT2D eigenvalue weighted by atomic mass is 32.2. The lowest BCUT2D eigenvalue weighted by Crippen LogP contribution is -2.35. The van der Waals surface area contributed by atoms with E-state index in [9.17, 15) is 9.90 Å². The van der Waals surface area contributed by atoms with Crippen LogP contribution in [0.4, 0.5) is 10.7 Å². The summed E-state index contributed by atoms with van der Waals surface area (Å²) in [5, 5.41) is 13.7. The first kappa shape index (κ1) is 15.0. The van der Waals surface area contributed by atoms with Crippen LogP contribution in [0, 0.1) is 0 Å². The predicted molar refractivity (Wildman–Crippen MR) is 88.5 cm³/mol. The molecule has 1 aliphatic heterocycles. The number of amides is 1. The van der Waals surface area contributed by atoms with Crippen molar-refractivity contribution < 1.29 is 9.90 Å². The van der Waals surface area contributed by atoms with Gasteiger partial charge in [-0.15, -0.1) is 23.1 Å². The van der Waals surface area contributed by atoms with Gasteiger partial charge in [0.05, 0.1) is 16.7 Å². The number of nitrogens with one attached hydrogen (secondary N) is 1. The van der Waals surface area contributed by atoms with Crippen LogP contribution in [0.25, 0.3) is 0 Å². The number of nitrogen functional groups attached to an aromatic ring is 1.